The van der Waals surface area contributed by atoms with Gasteiger partial charge in [0.25, 0.3) is 5.56 Å². The summed E-state index contributed by atoms with van der Waals surface area (Å²) in [6.07, 6.45) is 3.15. The van der Waals surface area contributed by atoms with E-state index in [2.05, 4.69) is 10.3 Å². The van der Waals surface area contributed by atoms with Gasteiger partial charge in [-0.05, 0) is 43.3 Å². The maximum atomic E-state index is 12.6. The summed E-state index contributed by atoms with van der Waals surface area (Å²) < 4.78 is 6.62. The van der Waals surface area contributed by atoms with Crippen molar-refractivity contribution in [2.75, 3.05) is 18.2 Å². The molecule has 0 aliphatic carbocycles. The number of benzene rings is 2. The fourth-order valence-corrected chi connectivity index (χ4v) is 3.10. The predicted octanol–water partition coefficient (Wildman–Crippen LogP) is 3.28. The number of hydrogen-bond donors (Lipinski definition) is 1. The average molecular weight is 381 g/mol. The number of ether oxygens (including phenoxy) is 1. The van der Waals surface area contributed by atoms with Crippen LogP contribution in [0.5, 0.6) is 5.75 Å². The van der Waals surface area contributed by atoms with Crippen molar-refractivity contribution >= 4 is 23.4 Å². The molecule has 138 valence electrons. The van der Waals surface area contributed by atoms with Crippen LogP contribution in [-0.2, 0) is 4.79 Å². The molecule has 0 saturated carbocycles. The number of nitrogens with zero attached hydrogens (tertiary/aromatic N) is 2. The molecule has 1 heterocycles. The van der Waals surface area contributed by atoms with Gasteiger partial charge in [0, 0.05) is 23.8 Å². The third kappa shape index (κ3) is 4.77. The Morgan fingerprint density at radius 3 is 2.52 bits per heavy atom. The molecule has 1 aromatic heterocycles. The molecule has 2 aromatic carbocycles. The number of aryl methyl sites for hydroxylation is 1. The first-order valence-electron chi connectivity index (χ1n) is 8.28. The van der Waals surface area contributed by atoms with E-state index in [0.29, 0.717) is 11.4 Å². The largest absolute Gasteiger partial charge is 0.497 e. The molecule has 0 saturated heterocycles. The summed E-state index contributed by atoms with van der Waals surface area (Å²) in [5.41, 5.74) is 2.28. The number of carbonyl (C=O) groups is 1. The number of rotatable bonds is 6. The van der Waals surface area contributed by atoms with Crippen LogP contribution in [0, 0.1) is 6.92 Å². The minimum Gasteiger partial charge on any atom is -0.497 e. The topological polar surface area (TPSA) is 73.2 Å². The van der Waals surface area contributed by atoms with E-state index in [0.717, 1.165) is 23.0 Å². The summed E-state index contributed by atoms with van der Waals surface area (Å²) in [4.78, 5) is 28.9. The summed E-state index contributed by atoms with van der Waals surface area (Å²) in [7, 11) is 1.59. The Morgan fingerprint density at radius 1 is 1.15 bits per heavy atom. The Kier molecular flexibility index (Phi) is 5.93. The first-order chi connectivity index (χ1) is 13.1. The highest BCUT2D eigenvalue weighted by Crippen LogP contribution is 2.16. The zero-order valence-electron chi connectivity index (χ0n) is 15.0. The van der Waals surface area contributed by atoms with Gasteiger partial charge < -0.3 is 10.1 Å². The number of nitrogens with one attached hydrogen (secondary N) is 1. The van der Waals surface area contributed by atoms with Crippen molar-refractivity contribution in [3.05, 3.63) is 76.8 Å². The molecule has 0 radical (unpaired) electrons. The third-order valence-corrected chi connectivity index (χ3v) is 4.80. The van der Waals surface area contributed by atoms with Gasteiger partial charge >= 0.3 is 0 Å². The number of thioether (sulfide) groups is 1. The second-order valence-corrected chi connectivity index (χ2v) is 6.77. The number of methoxy groups -OCH3 is 1. The lowest BCUT2D eigenvalue weighted by molar-refractivity contribution is -0.113. The van der Waals surface area contributed by atoms with Gasteiger partial charge in [-0.15, -0.1) is 0 Å². The summed E-state index contributed by atoms with van der Waals surface area (Å²) in [6.45, 7) is 1.98. The lowest BCUT2D eigenvalue weighted by Crippen LogP contribution is -2.22. The van der Waals surface area contributed by atoms with E-state index in [1.807, 2.05) is 31.2 Å². The highest BCUT2D eigenvalue weighted by Gasteiger charge is 2.10. The van der Waals surface area contributed by atoms with Crippen molar-refractivity contribution in [3.63, 3.8) is 0 Å². The maximum absolute atomic E-state index is 12.6. The quantitative estimate of drug-likeness (QED) is 0.664. The van der Waals surface area contributed by atoms with Gasteiger partial charge in [0.05, 0.1) is 12.9 Å². The number of aromatic nitrogens is 2. The van der Waals surface area contributed by atoms with Crippen LogP contribution in [0.25, 0.3) is 5.69 Å². The Hall–Kier alpha value is -3.06. The van der Waals surface area contributed by atoms with Crippen LogP contribution in [0.2, 0.25) is 0 Å². The fraction of sp³-hybridized carbons (Fsp3) is 0.150. The van der Waals surface area contributed by atoms with E-state index in [9.17, 15) is 9.59 Å². The maximum Gasteiger partial charge on any atom is 0.287 e. The molecular weight excluding hydrogens is 362 g/mol. The van der Waals surface area contributed by atoms with E-state index in [1.54, 1.807) is 43.8 Å². The Bertz CT molecular complexity index is 983. The molecule has 0 aliphatic heterocycles. The molecule has 0 aliphatic rings. The highest BCUT2D eigenvalue weighted by atomic mass is 32.2. The molecule has 6 nitrogen and oxygen atoms in total. The van der Waals surface area contributed by atoms with Crippen LogP contribution < -0.4 is 15.6 Å². The smallest absolute Gasteiger partial charge is 0.287 e. The van der Waals surface area contributed by atoms with Crippen LogP contribution in [0.1, 0.15) is 5.56 Å². The van der Waals surface area contributed by atoms with Gasteiger partial charge in [-0.2, -0.15) is 0 Å². The first kappa shape index (κ1) is 18.7. The van der Waals surface area contributed by atoms with Gasteiger partial charge in [0.1, 0.15) is 5.75 Å². The number of hydrogen-bond acceptors (Lipinski definition) is 5. The summed E-state index contributed by atoms with van der Waals surface area (Å²) >= 11 is 1.11. The van der Waals surface area contributed by atoms with Crippen LogP contribution in [-0.4, -0.2) is 28.3 Å². The van der Waals surface area contributed by atoms with Gasteiger partial charge in [-0.1, -0.05) is 29.5 Å². The Balaban J connectivity index is 1.69. The van der Waals surface area contributed by atoms with Crippen molar-refractivity contribution in [2.45, 2.75) is 11.9 Å². The fourth-order valence-electron chi connectivity index (χ4n) is 2.41. The first-order valence-corrected chi connectivity index (χ1v) is 9.27. The molecule has 0 bridgehead atoms. The van der Waals surface area contributed by atoms with Crippen molar-refractivity contribution in [3.8, 4) is 11.4 Å². The summed E-state index contributed by atoms with van der Waals surface area (Å²) in [5, 5.41) is 3.08. The van der Waals surface area contributed by atoms with Gasteiger partial charge in [0.15, 0.2) is 5.03 Å². The average Bonchev–Trinajstić information content (AvgIpc) is 2.69. The number of carbonyl (C=O) groups excluding carboxylic acids is 1. The zero-order valence-corrected chi connectivity index (χ0v) is 15.8. The van der Waals surface area contributed by atoms with E-state index in [4.69, 9.17) is 4.74 Å². The Labute approximate surface area is 161 Å². The molecular formula is C20H19N3O3S. The molecule has 0 fully saturated rings. The predicted molar refractivity (Wildman–Crippen MR) is 107 cm³/mol. The second kappa shape index (κ2) is 8.55. The Morgan fingerprint density at radius 2 is 1.85 bits per heavy atom. The molecule has 3 aromatic rings. The van der Waals surface area contributed by atoms with Crippen LogP contribution in [0.15, 0.2) is 70.7 Å². The SMILES string of the molecule is COc1ccc(-n2ccnc(SCC(=O)Nc3ccc(C)cc3)c2=O)cc1. The van der Waals surface area contributed by atoms with Crippen molar-refractivity contribution in [2.24, 2.45) is 0 Å². The van der Waals surface area contributed by atoms with E-state index in [1.165, 1.54) is 4.57 Å². The minimum atomic E-state index is -0.268. The molecule has 27 heavy (non-hydrogen) atoms. The normalized spacial score (nSPS) is 10.4. The number of anilines is 1. The molecule has 7 heteroatoms. The lowest BCUT2D eigenvalue weighted by atomic mass is 10.2. The molecule has 1 N–H and O–H groups in total. The molecule has 0 spiro atoms. The van der Waals surface area contributed by atoms with E-state index in [-0.39, 0.29) is 22.2 Å². The van der Waals surface area contributed by atoms with E-state index < -0.39 is 0 Å². The van der Waals surface area contributed by atoms with Crippen LogP contribution in [0.3, 0.4) is 0 Å². The highest BCUT2D eigenvalue weighted by molar-refractivity contribution is 7.99. The number of amides is 1. The second-order valence-electron chi connectivity index (χ2n) is 5.81. The molecule has 3 rings (SSSR count). The standard InChI is InChI=1S/C20H19N3O3S/c1-14-3-5-15(6-4-14)22-18(24)13-27-19-20(25)23(12-11-21-19)16-7-9-17(26-2)10-8-16/h3-12H,13H2,1-2H3,(H,22,24). The van der Waals surface area contributed by atoms with Gasteiger partial charge in [-0.25, -0.2) is 4.98 Å². The van der Waals surface area contributed by atoms with Crippen molar-refractivity contribution in [1.29, 1.82) is 0 Å². The third-order valence-electron chi connectivity index (χ3n) is 3.84. The lowest BCUT2D eigenvalue weighted by Gasteiger charge is -2.08. The van der Waals surface area contributed by atoms with E-state index >= 15 is 0 Å². The van der Waals surface area contributed by atoms with Gasteiger partial charge in [-0.3, -0.25) is 14.2 Å². The summed E-state index contributed by atoms with van der Waals surface area (Å²) in [5.74, 6) is 0.621. The van der Waals surface area contributed by atoms with Crippen molar-refractivity contribution in [1.82, 2.24) is 9.55 Å². The molecule has 1 amide bonds. The molecule has 0 unspecified atom stereocenters. The van der Waals surface area contributed by atoms with Crippen LogP contribution >= 0.6 is 11.8 Å². The van der Waals surface area contributed by atoms with Crippen LogP contribution in [0.4, 0.5) is 5.69 Å². The summed E-state index contributed by atoms with van der Waals surface area (Å²) in [6, 6.07) is 14.7. The van der Waals surface area contributed by atoms with Crippen molar-refractivity contribution < 1.29 is 9.53 Å². The monoisotopic (exact) mass is 381 g/mol. The minimum absolute atomic E-state index is 0.0999. The molecule has 0 atom stereocenters. The zero-order chi connectivity index (χ0) is 19.2. The van der Waals surface area contributed by atoms with Gasteiger partial charge in [0.2, 0.25) is 5.91 Å².